The summed E-state index contributed by atoms with van der Waals surface area (Å²) < 4.78 is 31.0. The van der Waals surface area contributed by atoms with Gasteiger partial charge < -0.3 is 20.7 Å². The summed E-state index contributed by atoms with van der Waals surface area (Å²) in [6.45, 7) is 2.24. The van der Waals surface area contributed by atoms with E-state index in [9.17, 15) is 18.4 Å². The first-order valence-electron chi connectivity index (χ1n) is 8.98. The van der Waals surface area contributed by atoms with Crippen LogP contribution in [0.5, 0.6) is 0 Å². The van der Waals surface area contributed by atoms with Crippen LogP contribution >= 0.6 is 0 Å². The molecule has 0 bridgehead atoms. The van der Waals surface area contributed by atoms with Crippen molar-refractivity contribution >= 4 is 12.1 Å². The van der Waals surface area contributed by atoms with Crippen LogP contribution in [0.3, 0.4) is 0 Å². The van der Waals surface area contributed by atoms with E-state index in [0.29, 0.717) is 18.5 Å². The molecule has 2 aliphatic heterocycles. The van der Waals surface area contributed by atoms with Crippen LogP contribution in [0.25, 0.3) is 0 Å². The second kappa shape index (κ2) is 8.67. The highest BCUT2D eigenvalue weighted by atomic mass is 19.2. The van der Waals surface area contributed by atoms with Gasteiger partial charge in [0.1, 0.15) is 6.17 Å². The Balaban J connectivity index is 1.48. The number of fused-ring (bicyclic) bond motifs is 1. The number of nitrogens with one attached hydrogen (secondary N) is 6. The molecule has 3 amide bonds. The lowest BCUT2D eigenvalue weighted by Gasteiger charge is -2.34. The molecule has 5 atom stereocenters. The third-order valence-electron chi connectivity index (χ3n) is 5.01. The SMILES string of the molecule is COC(=O)NC1NNC2CC(NC(=O)NC(C)c3ccc(F)c(F)c3)NCC21. The minimum absolute atomic E-state index is 0.0392. The van der Waals surface area contributed by atoms with Gasteiger partial charge in [-0.25, -0.2) is 23.8 Å². The summed E-state index contributed by atoms with van der Waals surface area (Å²) in [5.74, 6) is -1.80. The number of ether oxygens (including phenoxy) is 1. The number of carbonyl (C=O) groups is 2. The zero-order valence-electron chi connectivity index (χ0n) is 15.5. The lowest BCUT2D eigenvalue weighted by molar-refractivity contribution is 0.158. The van der Waals surface area contributed by atoms with E-state index >= 15 is 0 Å². The van der Waals surface area contributed by atoms with Crippen molar-refractivity contribution in [1.82, 2.24) is 32.1 Å². The summed E-state index contributed by atoms with van der Waals surface area (Å²) in [6, 6.07) is 2.63. The predicted molar refractivity (Wildman–Crippen MR) is 95.7 cm³/mol. The fraction of sp³-hybridized carbons (Fsp3) is 0.529. The molecule has 0 spiro atoms. The number of rotatable bonds is 4. The van der Waals surface area contributed by atoms with Gasteiger partial charge in [0, 0.05) is 18.5 Å². The zero-order chi connectivity index (χ0) is 20.3. The molecular formula is C17H24F2N6O3. The van der Waals surface area contributed by atoms with E-state index in [4.69, 9.17) is 0 Å². The molecule has 0 radical (unpaired) electrons. The molecule has 2 aliphatic rings. The van der Waals surface area contributed by atoms with Gasteiger partial charge >= 0.3 is 12.1 Å². The van der Waals surface area contributed by atoms with Crippen molar-refractivity contribution < 1.29 is 23.1 Å². The van der Waals surface area contributed by atoms with Crippen LogP contribution < -0.4 is 32.1 Å². The van der Waals surface area contributed by atoms with Gasteiger partial charge in [-0.15, -0.1) is 0 Å². The molecule has 11 heteroatoms. The van der Waals surface area contributed by atoms with Crippen LogP contribution in [0, 0.1) is 17.6 Å². The van der Waals surface area contributed by atoms with Gasteiger partial charge in [0.15, 0.2) is 11.6 Å². The number of amides is 3. The molecular weight excluding hydrogens is 374 g/mol. The van der Waals surface area contributed by atoms with E-state index in [-0.39, 0.29) is 24.3 Å². The Bertz CT molecular complexity index is 737. The summed E-state index contributed by atoms with van der Waals surface area (Å²) in [4.78, 5) is 23.6. The monoisotopic (exact) mass is 398 g/mol. The second-order valence-corrected chi connectivity index (χ2v) is 6.88. The molecule has 1 aromatic carbocycles. The number of urea groups is 1. The largest absolute Gasteiger partial charge is 0.453 e. The molecule has 28 heavy (non-hydrogen) atoms. The van der Waals surface area contributed by atoms with Crippen LogP contribution in [-0.4, -0.2) is 44.2 Å². The normalized spacial score (nSPS) is 27.4. The van der Waals surface area contributed by atoms with Crippen molar-refractivity contribution in [3.05, 3.63) is 35.4 Å². The Hall–Kier alpha value is -2.50. The molecule has 6 N–H and O–H groups in total. The first kappa shape index (κ1) is 20.2. The summed E-state index contributed by atoms with van der Waals surface area (Å²) in [5.41, 5.74) is 6.58. The van der Waals surface area contributed by atoms with Gasteiger partial charge in [0.2, 0.25) is 0 Å². The maximum absolute atomic E-state index is 13.3. The van der Waals surface area contributed by atoms with Crippen molar-refractivity contribution in [2.24, 2.45) is 5.92 Å². The summed E-state index contributed by atoms with van der Waals surface area (Å²) in [5, 5.41) is 11.4. The van der Waals surface area contributed by atoms with Crippen LogP contribution in [0.2, 0.25) is 0 Å². The van der Waals surface area contributed by atoms with Gasteiger partial charge in [-0.05, 0) is 31.0 Å². The number of hydrogen-bond donors (Lipinski definition) is 6. The molecule has 1 aromatic rings. The van der Waals surface area contributed by atoms with Crippen LogP contribution in [0.4, 0.5) is 18.4 Å². The molecule has 2 fully saturated rings. The first-order chi connectivity index (χ1) is 13.4. The number of halogens is 2. The third-order valence-corrected chi connectivity index (χ3v) is 5.01. The van der Waals surface area contributed by atoms with Gasteiger partial charge in [-0.2, -0.15) is 0 Å². The highest BCUT2D eigenvalue weighted by Crippen LogP contribution is 2.21. The summed E-state index contributed by atoms with van der Waals surface area (Å²) in [7, 11) is 1.30. The van der Waals surface area contributed by atoms with Crippen molar-refractivity contribution in [3.8, 4) is 0 Å². The fourth-order valence-corrected chi connectivity index (χ4v) is 3.45. The van der Waals surface area contributed by atoms with E-state index in [1.54, 1.807) is 6.92 Å². The Labute approximate surface area is 160 Å². The number of benzene rings is 1. The number of hydrazine groups is 1. The van der Waals surface area contributed by atoms with E-state index in [0.717, 1.165) is 12.1 Å². The number of alkyl carbamates (subject to hydrolysis) is 1. The van der Waals surface area contributed by atoms with Gasteiger partial charge in [0.05, 0.1) is 19.3 Å². The minimum atomic E-state index is -0.957. The van der Waals surface area contributed by atoms with Crippen LogP contribution in [0.15, 0.2) is 18.2 Å². The Morgan fingerprint density at radius 3 is 2.71 bits per heavy atom. The molecule has 154 valence electrons. The van der Waals surface area contributed by atoms with E-state index in [1.165, 1.54) is 13.2 Å². The molecule has 2 heterocycles. The van der Waals surface area contributed by atoms with Gasteiger partial charge in [0.25, 0.3) is 0 Å². The fourth-order valence-electron chi connectivity index (χ4n) is 3.45. The van der Waals surface area contributed by atoms with Gasteiger partial charge in [-0.3, -0.25) is 10.7 Å². The van der Waals surface area contributed by atoms with Crippen molar-refractivity contribution in [3.63, 3.8) is 0 Å². The number of methoxy groups -OCH3 is 1. The molecule has 2 saturated heterocycles. The topological polar surface area (TPSA) is 116 Å². The molecule has 0 saturated carbocycles. The molecule has 9 nitrogen and oxygen atoms in total. The lowest BCUT2D eigenvalue weighted by atomic mass is 9.91. The van der Waals surface area contributed by atoms with Crippen molar-refractivity contribution in [2.45, 2.75) is 37.8 Å². The Morgan fingerprint density at radius 2 is 2.00 bits per heavy atom. The molecule has 3 rings (SSSR count). The van der Waals surface area contributed by atoms with Crippen LogP contribution in [-0.2, 0) is 4.74 Å². The number of hydrogen-bond acceptors (Lipinski definition) is 6. The zero-order valence-corrected chi connectivity index (χ0v) is 15.5. The highest BCUT2D eigenvalue weighted by Gasteiger charge is 2.41. The average molecular weight is 398 g/mol. The first-order valence-corrected chi connectivity index (χ1v) is 8.98. The maximum atomic E-state index is 13.3. The quantitative estimate of drug-likeness (QED) is 0.438. The van der Waals surface area contributed by atoms with E-state index < -0.39 is 29.8 Å². The molecule has 0 aromatic heterocycles. The molecule has 5 unspecified atom stereocenters. The molecule has 0 aliphatic carbocycles. The second-order valence-electron chi connectivity index (χ2n) is 6.88. The van der Waals surface area contributed by atoms with Crippen molar-refractivity contribution in [2.75, 3.05) is 13.7 Å². The lowest BCUT2D eigenvalue weighted by Crippen LogP contribution is -2.59. The van der Waals surface area contributed by atoms with E-state index in [2.05, 4.69) is 36.9 Å². The summed E-state index contributed by atoms with van der Waals surface area (Å²) >= 11 is 0. The van der Waals surface area contributed by atoms with Crippen molar-refractivity contribution in [1.29, 1.82) is 0 Å². The Morgan fingerprint density at radius 1 is 1.21 bits per heavy atom. The predicted octanol–water partition coefficient (Wildman–Crippen LogP) is 0.419. The minimum Gasteiger partial charge on any atom is -0.453 e. The maximum Gasteiger partial charge on any atom is 0.408 e. The highest BCUT2D eigenvalue weighted by molar-refractivity contribution is 5.74. The number of carbonyl (C=O) groups excluding carboxylic acids is 2. The Kier molecular flexibility index (Phi) is 6.27. The third kappa shape index (κ3) is 4.66. The van der Waals surface area contributed by atoms with Gasteiger partial charge in [-0.1, -0.05) is 6.07 Å². The smallest absolute Gasteiger partial charge is 0.408 e. The van der Waals surface area contributed by atoms with Crippen LogP contribution in [0.1, 0.15) is 24.9 Å². The average Bonchev–Trinajstić information content (AvgIpc) is 3.05. The number of piperidine rings is 1. The van der Waals surface area contributed by atoms with E-state index in [1.807, 2.05) is 0 Å². The standard InChI is InChI=1S/C17H24F2N6O3/c1-8(9-3-4-11(18)12(19)5-9)21-16(26)22-14-6-13-10(7-20-14)15(25-24-13)23-17(27)28-2/h3-5,8,10,13-15,20,24-25H,6-7H2,1-2H3,(H,23,27)(H2,21,22,26). The summed E-state index contributed by atoms with van der Waals surface area (Å²) in [6.07, 6.45) is -0.507.